The standard InChI is InChI=1S/C17H18N2O2S2/c20-16(13-3-6-22-10-13)18-8-12-2-1-5-19(15(12)9-18)17(21)14-4-7-23-11-14/h3-4,6-7,10-12,15H,1-2,5,8-9H2/t12-,15+/m0/s1. The molecule has 2 aromatic heterocycles. The summed E-state index contributed by atoms with van der Waals surface area (Å²) < 4.78 is 0. The Morgan fingerprint density at radius 2 is 1.70 bits per heavy atom. The fraction of sp³-hybridized carbons (Fsp3) is 0.412. The molecule has 0 aliphatic carbocycles. The summed E-state index contributed by atoms with van der Waals surface area (Å²) in [7, 11) is 0. The van der Waals surface area contributed by atoms with Crippen LogP contribution < -0.4 is 0 Å². The Morgan fingerprint density at radius 1 is 1.00 bits per heavy atom. The van der Waals surface area contributed by atoms with Crippen LogP contribution in [-0.4, -0.2) is 47.3 Å². The van der Waals surface area contributed by atoms with Gasteiger partial charge >= 0.3 is 0 Å². The maximum atomic E-state index is 12.7. The molecule has 23 heavy (non-hydrogen) atoms. The van der Waals surface area contributed by atoms with Crippen LogP contribution in [0, 0.1) is 5.92 Å². The molecule has 0 saturated carbocycles. The van der Waals surface area contributed by atoms with Gasteiger partial charge in [0, 0.05) is 30.4 Å². The van der Waals surface area contributed by atoms with Crippen molar-refractivity contribution in [3.05, 3.63) is 44.8 Å². The van der Waals surface area contributed by atoms with Crippen molar-refractivity contribution >= 4 is 34.5 Å². The molecule has 2 aliphatic heterocycles. The van der Waals surface area contributed by atoms with Gasteiger partial charge in [0.25, 0.3) is 11.8 Å². The molecule has 6 heteroatoms. The van der Waals surface area contributed by atoms with Crippen LogP contribution in [0.3, 0.4) is 0 Å². The highest BCUT2D eigenvalue weighted by Crippen LogP contribution is 2.32. The summed E-state index contributed by atoms with van der Waals surface area (Å²) >= 11 is 3.09. The summed E-state index contributed by atoms with van der Waals surface area (Å²) in [5, 5.41) is 7.69. The predicted molar refractivity (Wildman–Crippen MR) is 92.1 cm³/mol. The fourth-order valence-electron chi connectivity index (χ4n) is 3.72. The monoisotopic (exact) mass is 346 g/mol. The highest BCUT2D eigenvalue weighted by molar-refractivity contribution is 7.08. The van der Waals surface area contributed by atoms with Crippen LogP contribution >= 0.6 is 22.7 Å². The van der Waals surface area contributed by atoms with Gasteiger partial charge in [-0.1, -0.05) is 0 Å². The van der Waals surface area contributed by atoms with Crippen molar-refractivity contribution in [2.45, 2.75) is 18.9 Å². The second kappa shape index (κ2) is 6.09. The lowest BCUT2D eigenvalue weighted by Crippen LogP contribution is -2.48. The van der Waals surface area contributed by atoms with Gasteiger partial charge in [-0.15, -0.1) is 0 Å². The number of likely N-dealkylation sites (tertiary alicyclic amines) is 2. The maximum Gasteiger partial charge on any atom is 0.255 e. The first-order valence-corrected chi connectivity index (χ1v) is 9.77. The van der Waals surface area contributed by atoms with Crippen LogP contribution in [0.2, 0.25) is 0 Å². The Kier molecular flexibility index (Phi) is 3.95. The molecular formula is C17H18N2O2S2. The topological polar surface area (TPSA) is 40.6 Å². The number of nitrogens with zero attached hydrogens (tertiary/aromatic N) is 2. The summed E-state index contributed by atoms with van der Waals surface area (Å²) in [5.41, 5.74) is 1.54. The zero-order chi connectivity index (χ0) is 15.8. The molecule has 2 fully saturated rings. The van der Waals surface area contributed by atoms with Crippen LogP contribution in [-0.2, 0) is 0 Å². The summed E-state index contributed by atoms with van der Waals surface area (Å²) in [4.78, 5) is 29.3. The van der Waals surface area contributed by atoms with Crippen LogP contribution in [0.1, 0.15) is 33.6 Å². The minimum Gasteiger partial charge on any atom is -0.336 e. The average Bonchev–Trinajstić information content (AvgIpc) is 3.33. The Hall–Kier alpha value is -1.66. The number of amides is 2. The van der Waals surface area contributed by atoms with Crippen molar-refractivity contribution in [3.8, 4) is 0 Å². The van der Waals surface area contributed by atoms with Crippen LogP contribution in [0.4, 0.5) is 0 Å². The molecule has 0 aromatic carbocycles. The first-order chi connectivity index (χ1) is 11.2. The van der Waals surface area contributed by atoms with E-state index in [1.165, 1.54) is 0 Å². The number of hydrogen-bond acceptors (Lipinski definition) is 4. The van der Waals surface area contributed by atoms with Crippen molar-refractivity contribution in [2.75, 3.05) is 19.6 Å². The first-order valence-electron chi connectivity index (χ1n) is 7.88. The molecule has 0 spiro atoms. The Morgan fingerprint density at radius 3 is 2.35 bits per heavy atom. The largest absolute Gasteiger partial charge is 0.336 e. The second-order valence-electron chi connectivity index (χ2n) is 6.20. The van der Waals surface area contributed by atoms with Crippen LogP contribution in [0.15, 0.2) is 33.7 Å². The summed E-state index contributed by atoms with van der Waals surface area (Å²) in [5.74, 6) is 0.628. The Bertz CT molecular complexity index is 696. The number of fused-ring (bicyclic) bond motifs is 1. The number of carbonyl (C=O) groups is 2. The molecule has 2 aliphatic rings. The zero-order valence-corrected chi connectivity index (χ0v) is 14.3. The lowest BCUT2D eigenvalue weighted by atomic mass is 9.91. The van der Waals surface area contributed by atoms with E-state index in [9.17, 15) is 9.59 Å². The van der Waals surface area contributed by atoms with Gasteiger partial charge in [-0.05, 0) is 41.7 Å². The second-order valence-corrected chi connectivity index (χ2v) is 7.76. The minimum atomic E-state index is 0.101. The predicted octanol–water partition coefficient (Wildman–Crippen LogP) is 3.19. The third-order valence-corrected chi connectivity index (χ3v) is 6.23. The van der Waals surface area contributed by atoms with Gasteiger partial charge in [0.15, 0.2) is 0 Å². The third-order valence-electron chi connectivity index (χ3n) is 4.87. The number of thiophene rings is 2. The number of piperidine rings is 1. The molecule has 0 N–H and O–H groups in total. The van der Waals surface area contributed by atoms with E-state index in [1.54, 1.807) is 22.7 Å². The lowest BCUT2D eigenvalue weighted by Gasteiger charge is -2.36. The normalized spacial score (nSPS) is 23.8. The van der Waals surface area contributed by atoms with E-state index in [1.807, 2.05) is 43.5 Å². The maximum absolute atomic E-state index is 12.7. The van der Waals surface area contributed by atoms with E-state index in [2.05, 4.69) is 0 Å². The van der Waals surface area contributed by atoms with Crippen LogP contribution in [0.5, 0.6) is 0 Å². The molecule has 4 nitrogen and oxygen atoms in total. The van der Waals surface area contributed by atoms with Crippen LogP contribution in [0.25, 0.3) is 0 Å². The van der Waals surface area contributed by atoms with Gasteiger partial charge in [0.05, 0.1) is 17.2 Å². The van der Waals surface area contributed by atoms with E-state index < -0.39 is 0 Å². The molecular weight excluding hydrogens is 328 g/mol. The summed E-state index contributed by atoms with van der Waals surface area (Å²) in [6.07, 6.45) is 2.13. The summed E-state index contributed by atoms with van der Waals surface area (Å²) in [6.45, 7) is 2.23. The van der Waals surface area contributed by atoms with Crippen molar-refractivity contribution in [1.82, 2.24) is 9.80 Å². The molecule has 120 valence electrons. The molecule has 2 aromatic rings. The SMILES string of the molecule is O=C(c1ccsc1)N1C[C@@H]2CCCN(C(=O)c3ccsc3)[C@@H]2C1. The van der Waals surface area contributed by atoms with Gasteiger partial charge in [-0.25, -0.2) is 0 Å². The lowest BCUT2D eigenvalue weighted by molar-refractivity contribution is 0.0565. The highest BCUT2D eigenvalue weighted by Gasteiger charge is 2.42. The van der Waals surface area contributed by atoms with Gasteiger partial charge in [-0.3, -0.25) is 9.59 Å². The minimum absolute atomic E-state index is 0.101. The average molecular weight is 346 g/mol. The molecule has 0 radical (unpaired) electrons. The molecule has 2 saturated heterocycles. The smallest absolute Gasteiger partial charge is 0.255 e. The van der Waals surface area contributed by atoms with Crippen molar-refractivity contribution < 1.29 is 9.59 Å². The van der Waals surface area contributed by atoms with Gasteiger partial charge in [-0.2, -0.15) is 22.7 Å². The fourth-order valence-corrected chi connectivity index (χ4v) is 4.98. The van der Waals surface area contributed by atoms with E-state index in [0.717, 1.165) is 37.1 Å². The third kappa shape index (κ3) is 2.70. The zero-order valence-electron chi connectivity index (χ0n) is 12.7. The summed E-state index contributed by atoms with van der Waals surface area (Å²) in [6, 6.07) is 3.93. The highest BCUT2D eigenvalue weighted by atomic mass is 32.1. The Balaban J connectivity index is 1.52. The number of carbonyl (C=O) groups excluding carboxylic acids is 2. The van der Waals surface area contributed by atoms with Crippen molar-refractivity contribution in [3.63, 3.8) is 0 Å². The first kappa shape index (κ1) is 14.9. The molecule has 4 heterocycles. The van der Waals surface area contributed by atoms with Gasteiger partial charge < -0.3 is 9.80 Å². The van der Waals surface area contributed by atoms with Gasteiger partial charge in [0.1, 0.15) is 0 Å². The van der Waals surface area contributed by atoms with E-state index in [0.29, 0.717) is 12.5 Å². The van der Waals surface area contributed by atoms with E-state index in [4.69, 9.17) is 0 Å². The number of rotatable bonds is 2. The van der Waals surface area contributed by atoms with E-state index >= 15 is 0 Å². The van der Waals surface area contributed by atoms with E-state index in [-0.39, 0.29) is 17.9 Å². The quantitative estimate of drug-likeness (QED) is 0.838. The molecule has 4 rings (SSSR count). The van der Waals surface area contributed by atoms with Crippen molar-refractivity contribution in [2.24, 2.45) is 5.92 Å². The Labute approximate surface area is 143 Å². The molecule has 2 amide bonds. The number of hydrogen-bond donors (Lipinski definition) is 0. The van der Waals surface area contributed by atoms with Gasteiger partial charge in [0.2, 0.25) is 0 Å². The molecule has 2 atom stereocenters. The molecule has 0 unspecified atom stereocenters. The molecule has 0 bridgehead atoms. The van der Waals surface area contributed by atoms with Crippen molar-refractivity contribution in [1.29, 1.82) is 0 Å².